The highest BCUT2D eigenvalue weighted by molar-refractivity contribution is 8.01. The van der Waals surface area contributed by atoms with E-state index in [1.165, 1.54) is 18.4 Å². The minimum atomic E-state index is 0.654. The summed E-state index contributed by atoms with van der Waals surface area (Å²) < 4.78 is 2.20. The Kier molecular flexibility index (Phi) is 2.85. The van der Waals surface area contributed by atoms with Crippen LogP contribution in [-0.2, 0) is 0 Å². The van der Waals surface area contributed by atoms with Gasteiger partial charge in [-0.25, -0.2) is 4.31 Å². The Morgan fingerprint density at radius 3 is 3.10 bits per heavy atom. The molecule has 0 aromatic heterocycles. The van der Waals surface area contributed by atoms with E-state index in [4.69, 9.17) is 6.42 Å². The van der Waals surface area contributed by atoms with Crippen molar-refractivity contribution in [2.45, 2.75) is 6.42 Å². The maximum absolute atomic E-state index is 5.14. The maximum atomic E-state index is 5.14. The summed E-state index contributed by atoms with van der Waals surface area (Å²) in [6.45, 7) is 5.92. The van der Waals surface area contributed by atoms with Gasteiger partial charge in [0.2, 0.25) is 0 Å². The molecular formula is C8H11NS. The van der Waals surface area contributed by atoms with Gasteiger partial charge in [0.15, 0.2) is 0 Å². The van der Waals surface area contributed by atoms with Gasteiger partial charge in [-0.2, -0.15) is 0 Å². The highest BCUT2D eigenvalue weighted by atomic mass is 32.2. The second kappa shape index (κ2) is 3.70. The van der Waals surface area contributed by atoms with Gasteiger partial charge >= 0.3 is 0 Å². The van der Waals surface area contributed by atoms with Crippen LogP contribution in [0, 0.1) is 17.6 Å². The zero-order valence-corrected chi connectivity index (χ0v) is 6.73. The number of nitrogens with zero attached hydrogens (tertiary/aromatic N) is 1. The molecule has 0 aliphatic carbocycles. The predicted molar refractivity (Wildman–Crippen MR) is 46.3 cm³/mol. The molecule has 0 bridgehead atoms. The second-order valence-corrected chi connectivity index (χ2v) is 3.32. The zero-order chi connectivity index (χ0) is 7.40. The fourth-order valence-corrected chi connectivity index (χ4v) is 1.72. The Balaban J connectivity index is 2.29. The molecule has 1 heterocycles. The molecule has 1 atom stereocenters. The van der Waals surface area contributed by atoms with E-state index in [0.717, 1.165) is 13.1 Å². The molecule has 0 aromatic carbocycles. The largest absolute Gasteiger partial charge is 0.239 e. The average Bonchev–Trinajstić information content (AvgIpc) is 2.37. The highest BCUT2D eigenvalue weighted by Gasteiger charge is 2.19. The molecule has 0 amide bonds. The summed E-state index contributed by atoms with van der Waals surface area (Å²) in [5, 5.41) is 2.56. The molecule has 1 saturated heterocycles. The van der Waals surface area contributed by atoms with Gasteiger partial charge in [-0.05, 0) is 17.6 Å². The molecule has 1 unspecified atom stereocenters. The Morgan fingerprint density at radius 2 is 2.60 bits per heavy atom. The number of rotatable bonds is 2. The standard InChI is InChI=1S/C8H11NS/c1-3-8-5-6-9(7-8)10-4-2/h2-3,8H,1,5-7H2. The van der Waals surface area contributed by atoms with Crippen LogP contribution in [0.3, 0.4) is 0 Å². The minimum absolute atomic E-state index is 0.654. The topological polar surface area (TPSA) is 3.24 Å². The normalized spacial score (nSPS) is 26.1. The second-order valence-electron chi connectivity index (χ2n) is 2.38. The molecule has 2 heteroatoms. The SMILES string of the molecule is C#CSN1CCC(C=C)C1. The van der Waals surface area contributed by atoms with Crippen molar-refractivity contribution in [2.24, 2.45) is 5.92 Å². The molecule has 0 spiro atoms. The predicted octanol–water partition coefficient (Wildman–Crippen LogP) is 1.73. The Bertz CT molecular complexity index is 159. The van der Waals surface area contributed by atoms with Crippen molar-refractivity contribution in [1.29, 1.82) is 0 Å². The van der Waals surface area contributed by atoms with Crippen LogP contribution in [0.4, 0.5) is 0 Å². The van der Waals surface area contributed by atoms with E-state index in [2.05, 4.69) is 16.1 Å². The van der Waals surface area contributed by atoms with E-state index in [0.29, 0.717) is 5.92 Å². The van der Waals surface area contributed by atoms with E-state index >= 15 is 0 Å². The van der Waals surface area contributed by atoms with E-state index < -0.39 is 0 Å². The smallest absolute Gasteiger partial charge is 0.0162 e. The van der Waals surface area contributed by atoms with Crippen molar-refractivity contribution < 1.29 is 0 Å². The molecule has 1 fully saturated rings. The summed E-state index contributed by atoms with van der Waals surface area (Å²) in [4.78, 5) is 0. The van der Waals surface area contributed by atoms with E-state index in [1.54, 1.807) is 0 Å². The molecule has 1 nitrogen and oxygen atoms in total. The third-order valence-corrected chi connectivity index (χ3v) is 2.40. The number of terminal acetylenes is 1. The van der Waals surface area contributed by atoms with Crippen LogP contribution in [0.15, 0.2) is 12.7 Å². The van der Waals surface area contributed by atoms with Crippen LogP contribution in [0.5, 0.6) is 0 Å². The van der Waals surface area contributed by atoms with Gasteiger partial charge in [0, 0.05) is 25.0 Å². The van der Waals surface area contributed by atoms with Crippen molar-refractivity contribution >= 4 is 11.9 Å². The van der Waals surface area contributed by atoms with Crippen LogP contribution in [-0.4, -0.2) is 17.4 Å². The molecule has 0 radical (unpaired) electrons. The molecule has 10 heavy (non-hydrogen) atoms. The van der Waals surface area contributed by atoms with Crippen molar-refractivity contribution in [3.63, 3.8) is 0 Å². The summed E-state index contributed by atoms with van der Waals surface area (Å²) in [6, 6.07) is 0. The lowest BCUT2D eigenvalue weighted by molar-refractivity contribution is 0.572. The maximum Gasteiger partial charge on any atom is 0.0162 e. The average molecular weight is 153 g/mol. The van der Waals surface area contributed by atoms with Crippen molar-refractivity contribution in [3.05, 3.63) is 12.7 Å². The molecule has 0 aromatic rings. The fourth-order valence-electron chi connectivity index (χ4n) is 1.10. The van der Waals surface area contributed by atoms with Crippen molar-refractivity contribution in [2.75, 3.05) is 13.1 Å². The summed E-state index contributed by atoms with van der Waals surface area (Å²) in [6.07, 6.45) is 8.36. The zero-order valence-electron chi connectivity index (χ0n) is 5.92. The van der Waals surface area contributed by atoms with Gasteiger partial charge in [-0.1, -0.05) is 6.08 Å². The fraction of sp³-hybridized carbons (Fsp3) is 0.500. The molecule has 54 valence electrons. The van der Waals surface area contributed by atoms with Crippen LogP contribution < -0.4 is 0 Å². The first-order valence-corrected chi connectivity index (χ1v) is 4.14. The van der Waals surface area contributed by atoms with Crippen LogP contribution >= 0.6 is 11.9 Å². The number of hydrogen-bond acceptors (Lipinski definition) is 2. The molecule has 1 rings (SSSR count). The Labute approximate surface area is 66.6 Å². The van der Waals surface area contributed by atoms with E-state index in [1.807, 2.05) is 6.08 Å². The first-order valence-electron chi connectivity index (χ1n) is 3.37. The molecule has 1 aliphatic heterocycles. The summed E-state index contributed by atoms with van der Waals surface area (Å²) >= 11 is 1.47. The van der Waals surface area contributed by atoms with Gasteiger partial charge in [0.1, 0.15) is 0 Å². The van der Waals surface area contributed by atoms with E-state index in [9.17, 15) is 0 Å². The third-order valence-electron chi connectivity index (χ3n) is 1.70. The Morgan fingerprint density at radius 1 is 1.80 bits per heavy atom. The van der Waals surface area contributed by atoms with Crippen LogP contribution in [0.1, 0.15) is 6.42 Å². The van der Waals surface area contributed by atoms with Gasteiger partial charge in [0.05, 0.1) is 0 Å². The monoisotopic (exact) mass is 153 g/mol. The molecule has 1 aliphatic rings. The summed E-state index contributed by atoms with van der Waals surface area (Å²) in [5.41, 5.74) is 0. The van der Waals surface area contributed by atoms with Gasteiger partial charge in [-0.15, -0.1) is 13.0 Å². The lowest BCUT2D eigenvalue weighted by Crippen LogP contribution is -2.09. The van der Waals surface area contributed by atoms with Gasteiger partial charge < -0.3 is 0 Å². The molecule has 0 N–H and O–H groups in total. The van der Waals surface area contributed by atoms with Crippen LogP contribution in [0.2, 0.25) is 0 Å². The first-order chi connectivity index (χ1) is 4.86. The van der Waals surface area contributed by atoms with Gasteiger partial charge in [-0.3, -0.25) is 0 Å². The summed E-state index contributed by atoms with van der Waals surface area (Å²) in [7, 11) is 0. The minimum Gasteiger partial charge on any atom is -0.239 e. The Hall–Kier alpha value is -0.390. The van der Waals surface area contributed by atoms with E-state index in [-0.39, 0.29) is 0 Å². The summed E-state index contributed by atoms with van der Waals surface area (Å²) in [5.74, 6) is 0.654. The van der Waals surface area contributed by atoms with Crippen LogP contribution in [0.25, 0.3) is 0 Å². The van der Waals surface area contributed by atoms with Crippen molar-refractivity contribution in [3.8, 4) is 11.7 Å². The third kappa shape index (κ3) is 1.80. The highest BCUT2D eigenvalue weighted by Crippen LogP contribution is 2.22. The van der Waals surface area contributed by atoms with Gasteiger partial charge in [0.25, 0.3) is 0 Å². The first kappa shape index (κ1) is 7.71. The number of hydrogen-bond donors (Lipinski definition) is 0. The lowest BCUT2D eigenvalue weighted by Gasteiger charge is -2.07. The molecule has 0 saturated carbocycles. The quantitative estimate of drug-likeness (QED) is 0.338. The molecular weight excluding hydrogens is 142 g/mol. The van der Waals surface area contributed by atoms with Crippen molar-refractivity contribution in [1.82, 2.24) is 4.31 Å². The lowest BCUT2D eigenvalue weighted by atomic mass is 10.1.